The molecule has 374 valence electrons. The molecule has 0 bridgehead atoms. The molecule has 9 atom stereocenters. The first-order chi connectivity index (χ1) is 34.9. The van der Waals surface area contributed by atoms with Crippen LogP contribution in [0, 0.1) is 30.1 Å². The second-order valence-electron chi connectivity index (χ2n) is 17.6. The highest BCUT2D eigenvalue weighted by atomic mass is 31.2. The Morgan fingerprint density at radius 2 is 1.46 bits per heavy atom. The number of aromatic amines is 1. The molecule has 0 saturated carbocycles. The molecule has 3 aromatic heterocycles. The van der Waals surface area contributed by atoms with Crippen molar-refractivity contribution in [1.29, 1.82) is 5.26 Å². The maximum absolute atomic E-state index is 15.3. The van der Waals surface area contributed by atoms with Gasteiger partial charge in [0.2, 0.25) is 0 Å². The van der Waals surface area contributed by atoms with E-state index in [0.717, 1.165) is 22.4 Å². The first-order valence-corrected chi connectivity index (χ1v) is 25.0. The number of imidazole rings is 1. The van der Waals surface area contributed by atoms with Crippen LogP contribution < -0.4 is 26.0 Å². The zero-order valence-electron chi connectivity index (χ0n) is 40.5. The number of aryl methyl sites for hydroxylation is 1. The van der Waals surface area contributed by atoms with Crippen molar-refractivity contribution in [3.63, 3.8) is 0 Å². The number of hydrogen-bond donors (Lipinski definition) is 2. The minimum atomic E-state index is -4.29. The number of hydrogen-bond acceptors (Lipinski definition) is 16. The van der Waals surface area contributed by atoms with Crippen molar-refractivity contribution in [2.75, 3.05) is 33.3 Å². The number of H-pyrrole nitrogens is 1. The van der Waals surface area contributed by atoms with Crippen LogP contribution in [0.25, 0.3) is 11.2 Å². The number of methoxy groups -OCH3 is 2. The fraction of sp³-hybridized carbons (Fsp3) is 0.346. The van der Waals surface area contributed by atoms with Crippen LogP contribution in [0.5, 0.6) is 11.5 Å². The van der Waals surface area contributed by atoms with Gasteiger partial charge in [0.05, 0.1) is 39.1 Å². The van der Waals surface area contributed by atoms with Crippen molar-refractivity contribution in [3.8, 4) is 17.6 Å². The van der Waals surface area contributed by atoms with Gasteiger partial charge in [0.25, 0.3) is 5.56 Å². The molecule has 2 N–H and O–H groups in total. The fourth-order valence-electron chi connectivity index (χ4n) is 9.26. The highest BCUT2D eigenvalue weighted by Crippen LogP contribution is 2.57. The van der Waals surface area contributed by atoms with E-state index in [1.165, 1.54) is 24.2 Å². The van der Waals surface area contributed by atoms with E-state index in [-0.39, 0.29) is 19.4 Å². The molecule has 9 rings (SSSR count). The SMILES string of the molecule is COc1ccc(C(OC[C@H]2O[C@@H](n3cnc4c(Nc5ccccc5)ncnc43)C[C@H]2OP(=O)(OC)C(C)O[C@H]2O[C@@H](n3cc(C)c(=O)[nH]c3=O)C[C@@H]2C(C)C#N)(c2ccccc2)c2ccc(OC)cc2)cc1. The number of anilines is 2. The Kier molecular flexibility index (Phi) is 14.8. The van der Waals surface area contributed by atoms with Crippen LogP contribution in [0.15, 0.2) is 138 Å². The van der Waals surface area contributed by atoms with E-state index in [1.807, 2.05) is 109 Å². The van der Waals surface area contributed by atoms with Crippen molar-refractivity contribution in [1.82, 2.24) is 29.1 Å². The summed E-state index contributed by atoms with van der Waals surface area (Å²) in [6, 6.07) is 36.9. The molecule has 19 nitrogen and oxygen atoms in total. The van der Waals surface area contributed by atoms with E-state index in [4.69, 9.17) is 42.5 Å². The van der Waals surface area contributed by atoms with E-state index in [1.54, 1.807) is 45.9 Å². The Morgan fingerprint density at radius 3 is 2.08 bits per heavy atom. The summed E-state index contributed by atoms with van der Waals surface area (Å²) in [5, 5.41) is 13.4. The summed E-state index contributed by atoms with van der Waals surface area (Å²) in [5.41, 5.74) is 1.97. The van der Waals surface area contributed by atoms with E-state index in [2.05, 4.69) is 26.3 Å². The molecule has 0 aliphatic carbocycles. The average Bonchev–Trinajstić information content (AvgIpc) is 4.15. The molecule has 2 aliphatic rings. The molecule has 2 fully saturated rings. The Balaban J connectivity index is 1.07. The van der Waals surface area contributed by atoms with Crippen molar-refractivity contribution >= 4 is 30.3 Å². The largest absolute Gasteiger partial charge is 0.497 e. The van der Waals surface area contributed by atoms with Gasteiger partial charge in [0.1, 0.15) is 48.1 Å². The van der Waals surface area contributed by atoms with Gasteiger partial charge in [-0.3, -0.25) is 23.5 Å². The monoisotopic (exact) mass is 998 g/mol. The van der Waals surface area contributed by atoms with Crippen molar-refractivity contribution in [2.24, 2.45) is 11.8 Å². The average molecular weight is 999 g/mol. The number of fused-ring (bicyclic) bond motifs is 1. The molecular weight excluding hydrogens is 944 g/mol. The first kappa shape index (κ1) is 50.0. The Hall–Kier alpha value is -7.01. The topological polar surface area (TPSA) is 225 Å². The maximum Gasteiger partial charge on any atom is 0.359 e. The summed E-state index contributed by atoms with van der Waals surface area (Å²) >= 11 is 0. The molecule has 2 aliphatic heterocycles. The molecule has 4 aromatic carbocycles. The molecule has 2 saturated heterocycles. The lowest BCUT2D eigenvalue weighted by atomic mass is 9.80. The number of nitrogens with zero attached hydrogens (tertiary/aromatic N) is 6. The standard InChI is InChI=1S/C52H55N8O11P/c1-32(27-53)41-25-44(59-28-33(2)49(61)58-51(59)62)70-50(41)68-34(3)72(63,66-6)71-42-26-45(60-31-56-46-47(54-30-55-48(46)60)57-38-15-11-8-12-16-38)69-43(42)29-67-52(35-13-9-7-10-14-35,36-17-21-39(64-4)22-18-36)37-19-23-40(65-5)24-20-37/h7-24,28,30-32,34,41-45,50H,25-26,29H2,1-6H3,(H,54,55,57)(H,58,61,62)/t32?,34?,41-,42-,43-,44-,45-,50+,72?/m1/s1. The van der Waals surface area contributed by atoms with Crippen LogP contribution in [0.4, 0.5) is 11.5 Å². The number of nitriles is 1. The maximum atomic E-state index is 15.3. The van der Waals surface area contributed by atoms with Gasteiger partial charge in [-0.1, -0.05) is 72.8 Å². The predicted molar refractivity (Wildman–Crippen MR) is 265 cm³/mol. The highest BCUT2D eigenvalue weighted by Gasteiger charge is 2.49. The predicted octanol–water partition coefficient (Wildman–Crippen LogP) is 8.35. The number of aromatic nitrogens is 6. The third-order valence-electron chi connectivity index (χ3n) is 13.3. The van der Waals surface area contributed by atoms with E-state index >= 15 is 4.57 Å². The second kappa shape index (κ2) is 21.4. The summed E-state index contributed by atoms with van der Waals surface area (Å²) < 4.78 is 68.9. The number of rotatable bonds is 19. The van der Waals surface area contributed by atoms with Crippen molar-refractivity contribution in [2.45, 2.75) is 76.0 Å². The summed E-state index contributed by atoms with van der Waals surface area (Å²) in [6.07, 6.45) is 0.0683. The van der Waals surface area contributed by atoms with E-state index in [0.29, 0.717) is 34.0 Å². The summed E-state index contributed by atoms with van der Waals surface area (Å²) in [7, 11) is 0.190. The fourth-order valence-corrected chi connectivity index (χ4v) is 10.7. The third-order valence-corrected chi connectivity index (χ3v) is 15.3. The summed E-state index contributed by atoms with van der Waals surface area (Å²) in [5.74, 6) is -0.666. The van der Waals surface area contributed by atoms with Crippen LogP contribution in [0.2, 0.25) is 0 Å². The molecule has 72 heavy (non-hydrogen) atoms. The van der Waals surface area contributed by atoms with E-state index < -0.39 is 73.1 Å². The lowest BCUT2D eigenvalue weighted by Gasteiger charge is -2.37. The molecular formula is C52H55N8O11P. The molecule has 3 unspecified atom stereocenters. The Labute approximate surface area is 415 Å². The highest BCUT2D eigenvalue weighted by molar-refractivity contribution is 7.54. The normalized spacial score (nSPS) is 21.7. The zero-order chi connectivity index (χ0) is 50.6. The zero-order valence-corrected chi connectivity index (χ0v) is 41.4. The van der Waals surface area contributed by atoms with Gasteiger partial charge in [0.15, 0.2) is 29.1 Å². The minimum absolute atomic E-state index is 0.113. The molecule has 20 heteroatoms. The summed E-state index contributed by atoms with van der Waals surface area (Å²) in [4.78, 5) is 41.3. The van der Waals surface area contributed by atoms with Crippen LogP contribution in [0.1, 0.15) is 61.4 Å². The number of benzene rings is 4. The van der Waals surface area contributed by atoms with Gasteiger partial charge in [-0.15, -0.1) is 0 Å². The Bertz CT molecular complexity index is 3140. The van der Waals surface area contributed by atoms with Gasteiger partial charge < -0.3 is 42.8 Å². The van der Waals surface area contributed by atoms with E-state index in [9.17, 15) is 14.9 Å². The minimum Gasteiger partial charge on any atom is -0.497 e. The van der Waals surface area contributed by atoms with Crippen LogP contribution in [-0.4, -0.2) is 81.3 Å². The number of para-hydroxylation sites is 1. The lowest BCUT2D eigenvalue weighted by Crippen LogP contribution is -2.39. The number of nitrogens with one attached hydrogen (secondary N) is 2. The molecule has 0 spiro atoms. The van der Waals surface area contributed by atoms with Crippen LogP contribution in [-0.2, 0) is 38.2 Å². The van der Waals surface area contributed by atoms with Crippen LogP contribution >= 0.6 is 7.60 Å². The van der Waals surface area contributed by atoms with Gasteiger partial charge in [-0.25, -0.2) is 19.7 Å². The lowest BCUT2D eigenvalue weighted by molar-refractivity contribution is -0.177. The van der Waals surface area contributed by atoms with Crippen molar-refractivity contribution < 1.29 is 42.0 Å². The van der Waals surface area contributed by atoms with Crippen molar-refractivity contribution in [3.05, 3.63) is 171 Å². The van der Waals surface area contributed by atoms with Crippen LogP contribution in [0.3, 0.4) is 0 Å². The molecule has 7 aromatic rings. The third kappa shape index (κ3) is 9.95. The quantitative estimate of drug-likeness (QED) is 0.0573. The van der Waals surface area contributed by atoms with Gasteiger partial charge in [-0.2, -0.15) is 5.26 Å². The second-order valence-corrected chi connectivity index (χ2v) is 20.0. The van der Waals surface area contributed by atoms with Gasteiger partial charge in [-0.05, 0) is 73.9 Å². The molecule has 5 heterocycles. The number of ether oxygens (including phenoxy) is 6. The summed E-state index contributed by atoms with van der Waals surface area (Å²) in [6.45, 7) is 4.71. The first-order valence-electron chi connectivity index (χ1n) is 23.4. The Morgan fingerprint density at radius 1 is 0.833 bits per heavy atom. The molecule has 0 radical (unpaired) electrons. The molecule has 0 amide bonds. The van der Waals surface area contributed by atoms with Gasteiger partial charge >= 0.3 is 13.3 Å². The smallest absolute Gasteiger partial charge is 0.359 e. The van der Waals surface area contributed by atoms with Gasteiger partial charge in [0, 0.05) is 43.3 Å².